The minimum absolute atomic E-state index is 0.154. The van der Waals surface area contributed by atoms with Crippen LogP contribution in [-0.2, 0) is 9.53 Å². The smallest absolute Gasteiger partial charge is 0.275 e. The zero-order valence-electron chi connectivity index (χ0n) is 22.5. The summed E-state index contributed by atoms with van der Waals surface area (Å²) in [5, 5.41) is 55.4. The predicted molar refractivity (Wildman–Crippen MR) is 149 cm³/mol. The zero-order chi connectivity index (χ0) is 29.0. The molecule has 0 aromatic heterocycles. The van der Waals surface area contributed by atoms with E-state index in [2.05, 4.69) is 20.6 Å². The van der Waals surface area contributed by atoms with Gasteiger partial charge in [0.1, 0.15) is 13.2 Å². The van der Waals surface area contributed by atoms with Crippen LogP contribution in [0.15, 0.2) is 80.6 Å². The van der Waals surface area contributed by atoms with Crippen molar-refractivity contribution in [3.05, 3.63) is 70.6 Å². The standard InChI is InChI=1S/C28H36N6O6/c1-30-16-13-23(21-5-2-6-22(10-9-21)26(35)32-15-4-14-29)17-31-20-33-24-7-3-8-25(12-11-24)34-27(36,37)18-40-19-28(34,38)39/h7-13,16,20,36-39H,2-6,15,17-19H2,1H3,(H,31,33)(H,32,35)/b23-13+,30-16-. The summed E-state index contributed by atoms with van der Waals surface area (Å²) < 4.78 is 4.88. The molecule has 0 bridgehead atoms. The predicted octanol–water partition coefficient (Wildman–Crippen LogP) is 0.635. The SMILES string of the molecule is C/N=C\C=C(/C/N=C/NC1=CCC=C(N2C(O)(O)COCC2(O)O)C=C1)C1=CC=C(C(=O)NCCC#N)CCC1. The molecule has 1 heterocycles. The molecule has 3 rings (SSSR count). The van der Waals surface area contributed by atoms with E-state index in [0.717, 1.165) is 24.0 Å². The average molecular weight is 553 g/mol. The number of nitrogens with zero attached hydrogens (tertiary/aromatic N) is 4. The molecule has 1 saturated heterocycles. The lowest BCUT2D eigenvalue weighted by atomic mass is 10.0. The number of hydrogen-bond acceptors (Lipinski definition) is 10. The van der Waals surface area contributed by atoms with Gasteiger partial charge in [0.2, 0.25) is 5.91 Å². The van der Waals surface area contributed by atoms with Crippen LogP contribution in [0.25, 0.3) is 0 Å². The van der Waals surface area contributed by atoms with Gasteiger partial charge in [0.15, 0.2) is 0 Å². The summed E-state index contributed by atoms with van der Waals surface area (Å²) in [7, 11) is 1.68. The molecular formula is C28H36N6O6. The molecule has 1 aliphatic heterocycles. The highest BCUT2D eigenvalue weighted by Gasteiger charge is 2.50. The van der Waals surface area contributed by atoms with E-state index in [4.69, 9.17) is 10.00 Å². The first kappa shape index (κ1) is 30.7. The van der Waals surface area contributed by atoms with E-state index >= 15 is 0 Å². The number of rotatable bonds is 10. The van der Waals surface area contributed by atoms with Crippen molar-refractivity contribution >= 4 is 18.5 Å². The summed E-state index contributed by atoms with van der Waals surface area (Å²) in [5.41, 5.74) is 3.57. The molecule has 6 N–H and O–H groups in total. The van der Waals surface area contributed by atoms with Crippen LogP contribution in [0.2, 0.25) is 0 Å². The molecule has 1 fully saturated rings. The number of hydrogen-bond donors (Lipinski definition) is 6. The lowest BCUT2D eigenvalue weighted by molar-refractivity contribution is -0.421. The highest BCUT2D eigenvalue weighted by Crippen LogP contribution is 2.31. The molecule has 1 amide bonds. The Bertz CT molecular complexity index is 1200. The van der Waals surface area contributed by atoms with E-state index in [1.165, 1.54) is 6.08 Å². The van der Waals surface area contributed by atoms with Crippen molar-refractivity contribution in [1.29, 1.82) is 5.26 Å². The molecular weight excluding hydrogens is 516 g/mol. The van der Waals surface area contributed by atoms with E-state index in [1.807, 2.05) is 30.4 Å². The normalized spacial score (nSPS) is 21.1. The van der Waals surface area contributed by atoms with E-state index in [0.29, 0.717) is 42.1 Å². The van der Waals surface area contributed by atoms with Crippen LogP contribution in [0.5, 0.6) is 0 Å². The third-order valence-electron chi connectivity index (χ3n) is 6.28. The van der Waals surface area contributed by atoms with Crippen molar-refractivity contribution in [3.8, 4) is 6.07 Å². The van der Waals surface area contributed by atoms with Crippen LogP contribution in [0.4, 0.5) is 0 Å². The molecule has 12 heteroatoms. The first-order chi connectivity index (χ1) is 19.2. The van der Waals surface area contributed by atoms with Gasteiger partial charge in [0, 0.05) is 36.8 Å². The molecule has 0 unspecified atom stereocenters. The number of ether oxygens (including phenoxy) is 1. The van der Waals surface area contributed by atoms with Crippen LogP contribution in [0, 0.1) is 11.3 Å². The number of aliphatic imine (C=N–C) groups is 2. The Hall–Kier alpha value is -3.86. The number of morpholine rings is 1. The van der Waals surface area contributed by atoms with Crippen molar-refractivity contribution < 1.29 is 30.0 Å². The molecule has 40 heavy (non-hydrogen) atoms. The van der Waals surface area contributed by atoms with E-state index < -0.39 is 25.0 Å². The van der Waals surface area contributed by atoms with E-state index in [-0.39, 0.29) is 18.0 Å². The number of allylic oxidation sites excluding steroid dienone is 7. The highest BCUT2D eigenvalue weighted by atomic mass is 16.6. The van der Waals surface area contributed by atoms with Gasteiger partial charge in [-0.2, -0.15) is 5.26 Å². The molecule has 0 atom stereocenters. The molecule has 0 aromatic carbocycles. The maximum atomic E-state index is 12.4. The monoisotopic (exact) mass is 552 g/mol. The summed E-state index contributed by atoms with van der Waals surface area (Å²) >= 11 is 0. The van der Waals surface area contributed by atoms with Gasteiger partial charge >= 0.3 is 0 Å². The van der Waals surface area contributed by atoms with Crippen LogP contribution >= 0.6 is 0 Å². The number of nitriles is 1. The lowest BCUT2D eigenvalue weighted by Crippen LogP contribution is -2.67. The average Bonchev–Trinajstić information content (AvgIpc) is 3.29. The Kier molecular flexibility index (Phi) is 11.1. The minimum atomic E-state index is -2.59. The highest BCUT2D eigenvalue weighted by molar-refractivity contribution is 5.93. The third kappa shape index (κ3) is 8.57. The van der Waals surface area contributed by atoms with Crippen molar-refractivity contribution in [2.45, 2.75) is 43.9 Å². The molecule has 0 saturated carbocycles. The molecule has 2 aliphatic carbocycles. The minimum Gasteiger partial charge on any atom is -0.366 e. The summed E-state index contributed by atoms with van der Waals surface area (Å²) in [5.74, 6) is -5.34. The lowest BCUT2D eigenvalue weighted by Gasteiger charge is -2.47. The number of carbonyl (C=O) groups excluding carboxylic acids is 1. The summed E-state index contributed by atoms with van der Waals surface area (Å²) in [4.78, 5) is 21.6. The summed E-state index contributed by atoms with van der Waals surface area (Å²) in [6.45, 7) is -0.319. The first-order valence-electron chi connectivity index (χ1n) is 13.0. The van der Waals surface area contributed by atoms with E-state index in [1.54, 1.807) is 31.8 Å². The number of aliphatic hydroxyl groups is 4. The Balaban J connectivity index is 1.63. The molecule has 3 aliphatic rings. The van der Waals surface area contributed by atoms with Crippen molar-refractivity contribution in [1.82, 2.24) is 15.5 Å². The van der Waals surface area contributed by atoms with Gasteiger partial charge in [-0.25, -0.2) is 0 Å². The fourth-order valence-electron chi connectivity index (χ4n) is 4.37. The Morgan fingerprint density at radius 2 is 1.88 bits per heavy atom. The third-order valence-corrected chi connectivity index (χ3v) is 6.28. The maximum absolute atomic E-state index is 12.4. The van der Waals surface area contributed by atoms with Gasteiger partial charge in [-0.15, -0.1) is 0 Å². The maximum Gasteiger partial charge on any atom is 0.275 e. The fourth-order valence-corrected chi connectivity index (χ4v) is 4.37. The van der Waals surface area contributed by atoms with Crippen molar-refractivity contribution in [3.63, 3.8) is 0 Å². The summed E-state index contributed by atoms with van der Waals surface area (Å²) in [6, 6.07) is 2.01. The van der Waals surface area contributed by atoms with Crippen LogP contribution in [0.1, 0.15) is 32.1 Å². The molecule has 0 spiro atoms. The zero-order valence-corrected chi connectivity index (χ0v) is 22.5. The van der Waals surface area contributed by atoms with Crippen LogP contribution in [0.3, 0.4) is 0 Å². The fraction of sp³-hybridized carbons (Fsp3) is 0.429. The van der Waals surface area contributed by atoms with E-state index in [9.17, 15) is 25.2 Å². The quantitative estimate of drug-likeness (QED) is 0.0980. The summed E-state index contributed by atoms with van der Waals surface area (Å²) in [6.07, 6.45) is 18.4. The first-order valence-corrected chi connectivity index (χ1v) is 13.0. The molecule has 0 aromatic rings. The van der Waals surface area contributed by atoms with Gasteiger partial charge < -0.3 is 35.8 Å². The Morgan fingerprint density at radius 3 is 2.60 bits per heavy atom. The molecule has 214 valence electrons. The second-order valence-electron chi connectivity index (χ2n) is 9.35. The molecule has 12 nitrogen and oxygen atoms in total. The second-order valence-corrected chi connectivity index (χ2v) is 9.35. The van der Waals surface area contributed by atoms with Crippen molar-refractivity contribution in [2.75, 3.05) is 33.4 Å². The molecule has 0 radical (unpaired) electrons. The number of carbonyl (C=O) groups is 1. The van der Waals surface area contributed by atoms with Gasteiger partial charge in [-0.1, -0.05) is 24.3 Å². The van der Waals surface area contributed by atoms with Gasteiger partial charge in [0.25, 0.3) is 11.8 Å². The van der Waals surface area contributed by atoms with Crippen LogP contribution < -0.4 is 10.6 Å². The van der Waals surface area contributed by atoms with Crippen LogP contribution in [-0.4, -0.2) is 89.0 Å². The largest absolute Gasteiger partial charge is 0.366 e. The van der Waals surface area contributed by atoms with Gasteiger partial charge in [-0.3, -0.25) is 19.7 Å². The van der Waals surface area contributed by atoms with Gasteiger partial charge in [-0.05, 0) is 55.1 Å². The Morgan fingerprint density at radius 1 is 1.15 bits per heavy atom. The van der Waals surface area contributed by atoms with Crippen molar-refractivity contribution in [2.24, 2.45) is 9.98 Å². The number of nitrogens with one attached hydrogen (secondary N) is 2. The Labute approximate surface area is 233 Å². The number of amides is 1. The second kappa shape index (κ2) is 14.5. The van der Waals surface area contributed by atoms with Gasteiger partial charge in [0.05, 0.1) is 25.4 Å². The topological polar surface area (TPSA) is 183 Å².